The Bertz CT molecular complexity index is 811. The second-order valence-electron chi connectivity index (χ2n) is 5.14. The van der Waals surface area contributed by atoms with E-state index in [0.717, 1.165) is 36.1 Å². The molecule has 0 unspecified atom stereocenters. The summed E-state index contributed by atoms with van der Waals surface area (Å²) in [6.45, 7) is 1.52. The van der Waals surface area contributed by atoms with E-state index in [1.54, 1.807) is 22.7 Å². The number of anilines is 2. The van der Waals surface area contributed by atoms with E-state index < -0.39 is 0 Å². The summed E-state index contributed by atoms with van der Waals surface area (Å²) < 4.78 is 0. The van der Waals surface area contributed by atoms with E-state index in [1.165, 1.54) is 9.75 Å². The summed E-state index contributed by atoms with van der Waals surface area (Å²) in [6.07, 6.45) is 0. The number of thiophene rings is 2. The molecule has 138 valence electrons. The Kier molecular flexibility index (Phi) is 7.52. The molecule has 0 saturated heterocycles. The first-order valence-corrected chi connectivity index (χ1v) is 9.31. The molecule has 0 saturated carbocycles. The number of aromatic nitrogens is 4. The summed E-state index contributed by atoms with van der Waals surface area (Å²) in [5, 5.41) is 25.4. The fraction of sp³-hybridized carbons (Fsp3) is 0.125. The van der Waals surface area contributed by atoms with Crippen molar-refractivity contribution in [1.29, 1.82) is 0 Å². The van der Waals surface area contributed by atoms with Crippen LogP contribution < -0.4 is 10.6 Å². The van der Waals surface area contributed by atoms with E-state index in [2.05, 4.69) is 53.9 Å². The Morgan fingerprint density at radius 1 is 0.769 bits per heavy atom. The molecule has 26 heavy (non-hydrogen) atoms. The number of hydrogen-bond acceptors (Lipinski definition) is 6. The van der Waals surface area contributed by atoms with Crippen LogP contribution in [-0.4, -0.2) is 33.5 Å². The smallest absolute Gasteiger partial charge is 0.148 e. The van der Waals surface area contributed by atoms with Gasteiger partial charge in [0, 0.05) is 25.2 Å². The highest BCUT2D eigenvalue weighted by Crippen LogP contribution is 2.25. The van der Waals surface area contributed by atoms with Crippen LogP contribution in [0.2, 0.25) is 0 Å². The zero-order chi connectivity index (χ0) is 16.2. The highest BCUT2D eigenvalue weighted by molar-refractivity contribution is 7.13. The third-order valence-electron chi connectivity index (χ3n) is 3.47. The van der Waals surface area contributed by atoms with Gasteiger partial charge in [-0.15, -0.1) is 47.5 Å². The third-order valence-corrected chi connectivity index (χ3v) is 5.27. The average Bonchev–Trinajstić information content (AvgIpc) is 3.40. The second kappa shape index (κ2) is 9.63. The Morgan fingerprint density at radius 3 is 1.62 bits per heavy atom. The molecule has 0 aliphatic heterocycles. The van der Waals surface area contributed by atoms with Crippen molar-refractivity contribution in [1.82, 2.24) is 20.4 Å². The van der Waals surface area contributed by atoms with Gasteiger partial charge in [-0.05, 0) is 22.9 Å². The lowest BCUT2D eigenvalue weighted by molar-refractivity contribution is 1.01. The quantitative estimate of drug-likeness (QED) is 0.313. The van der Waals surface area contributed by atoms with Crippen LogP contribution in [0.25, 0.3) is 21.1 Å². The van der Waals surface area contributed by atoms with Gasteiger partial charge in [-0.2, -0.15) is 10.2 Å². The van der Waals surface area contributed by atoms with E-state index >= 15 is 0 Å². The Hall–Kier alpha value is -2.00. The van der Waals surface area contributed by atoms with E-state index in [9.17, 15) is 0 Å². The van der Waals surface area contributed by atoms with Gasteiger partial charge in [-0.1, -0.05) is 12.1 Å². The molecule has 0 spiro atoms. The van der Waals surface area contributed by atoms with Crippen molar-refractivity contribution in [2.45, 2.75) is 0 Å². The zero-order valence-corrected chi connectivity index (χ0v) is 16.8. The fourth-order valence-electron chi connectivity index (χ4n) is 2.32. The Morgan fingerprint density at radius 2 is 1.23 bits per heavy atom. The molecule has 0 atom stereocenters. The maximum atomic E-state index is 4.28. The molecule has 4 aromatic heterocycles. The van der Waals surface area contributed by atoms with Crippen molar-refractivity contribution in [3.63, 3.8) is 0 Å². The van der Waals surface area contributed by atoms with Gasteiger partial charge in [0.25, 0.3) is 0 Å². The van der Waals surface area contributed by atoms with E-state index in [1.807, 2.05) is 24.3 Å². The minimum absolute atomic E-state index is 0. The normalized spacial score (nSPS) is 10.0. The molecule has 0 aliphatic rings. The van der Waals surface area contributed by atoms with Crippen LogP contribution in [0.4, 0.5) is 11.6 Å². The van der Waals surface area contributed by atoms with Crippen molar-refractivity contribution < 1.29 is 0 Å². The summed E-state index contributed by atoms with van der Waals surface area (Å²) in [6, 6.07) is 12.3. The standard InChI is InChI=1S/C16H16N6S2.2ClH/c1-3-13(23-7-1)11-9-15(21-19-11)17-5-6-18-16-10-12(20-22-16)14-4-2-8-24-14;;/h1-4,7-10H,5-6H2,(H2,17,19,21)(H2,18,20,22);2*1H. The molecular formula is C16H18Cl2N6S2. The first-order valence-electron chi connectivity index (χ1n) is 7.55. The molecule has 4 N–H and O–H groups in total. The molecule has 4 aromatic rings. The number of aromatic amines is 2. The molecule has 4 rings (SSSR count). The monoisotopic (exact) mass is 428 g/mol. The lowest BCUT2D eigenvalue weighted by atomic mass is 10.3. The summed E-state index contributed by atoms with van der Waals surface area (Å²) in [7, 11) is 0. The number of nitrogens with zero attached hydrogens (tertiary/aromatic N) is 2. The van der Waals surface area contributed by atoms with Crippen LogP contribution >= 0.6 is 47.5 Å². The first kappa shape index (κ1) is 20.3. The molecular weight excluding hydrogens is 411 g/mol. The molecule has 0 aliphatic carbocycles. The summed E-state index contributed by atoms with van der Waals surface area (Å²) in [5.74, 6) is 1.70. The van der Waals surface area contributed by atoms with Crippen LogP contribution in [-0.2, 0) is 0 Å². The van der Waals surface area contributed by atoms with Gasteiger partial charge in [-0.25, -0.2) is 0 Å². The Labute approximate surface area is 171 Å². The van der Waals surface area contributed by atoms with Crippen molar-refractivity contribution >= 4 is 59.1 Å². The maximum Gasteiger partial charge on any atom is 0.148 e. The zero-order valence-electron chi connectivity index (χ0n) is 13.6. The van der Waals surface area contributed by atoms with Crippen LogP contribution in [0.1, 0.15) is 0 Å². The number of halogens is 2. The third kappa shape index (κ3) is 4.79. The van der Waals surface area contributed by atoms with Gasteiger partial charge < -0.3 is 10.6 Å². The van der Waals surface area contributed by atoms with Gasteiger partial charge in [0.05, 0.1) is 21.1 Å². The fourth-order valence-corrected chi connectivity index (χ4v) is 3.71. The average molecular weight is 429 g/mol. The number of H-pyrrole nitrogens is 2. The molecule has 0 amide bonds. The lowest BCUT2D eigenvalue weighted by Gasteiger charge is -2.03. The highest BCUT2D eigenvalue weighted by Gasteiger charge is 2.05. The van der Waals surface area contributed by atoms with Crippen molar-refractivity contribution in [3.8, 4) is 21.1 Å². The molecule has 0 fully saturated rings. The largest absolute Gasteiger partial charge is 0.367 e. The number of nitrogens with one attached hydrogen (secondary N) is 4. The van der Waals surface area contributed by atoms with Gasteiger partial charge in [0.1, 0.15) is 11.6 Å². The molecule has 0 bridgehead atoms. The molecule has 10 heteroatoms. The topological polar surface area (TPSA) is 81.4 Å². The second-order valence-corrected chi connectivity index (χ2v) is 7.04. The van der Waals surface area contributed by atoms with Gasteiger partial charge >= 0.3 is 0 Å². The van der Waals surface area contributed by atoms with Gasteiger partial charge in [0.15, 0.2) is 0 Å². The summed E-state index contributed by atoms with van der Waals surface area (Å²) in [5.41, 5.74) is 2.07. The van der Waals surface area contributed by atoms with Crippen molar-refractivity contribution in [2.75, 3.05) is 23.7 Å². The number of rotatable bonds is 7. The maximum absolute atomic E-state index is 4.28. The molecule has 0 aromatic carbocycles. The van der Waals surface area contributed by atoms with Crippen LogP contribution in [0.5, 0.6) is 0 Å². The van der Waals surface area contributed by atoms with E-state index in [0.29, 0.717) is 0 Å². The summed E-state index contributed by atoms with van der Waals surface area (Å²) in [4.78, 5) is 2.37. The molecule has 0 radical (unpaired) electrons. The minimum atomic E-state index is 0. The van der Waals surface area contributed by atoms with Crippen LogP contribution in [0, 0.1) is 0 Å². The predicted molar refractivity (Wildman–Crippen MR) is 115 cm³/mol. The van der Waals surface area contributed by atoms with E-state index in [4.69, 9.17) is 0 Å². The van der Waals surface area contributed by atoms with Gasteiger partial charge in [0.2, 0.25) is 0 Å². The SMILES string of the molecule is Cl.Cl.c1csc(-c2cc(NCCNc3cc(-c4cccs4)[nH]n3)n[nH]2)c1. The highest BCUT2D eigenvalue weighted by atomic mass is 35.5. The first-order chi connectivity index (χ1) is 11.9. The predicted octanol–water partition coefficient (Wildman–Crippen LogP) is 4.96. The summed E-state index contributed by atoms with van der Waals surface area (Å²) >= 11 is 3.39. The van der Waals surface area contributed by atoms with Crippen molar-refractivity contribution in [3.05, 3.63) is 47.2 Å². The number of hydrogen-bond donors (Lipinski definition) is 4. The van der Waals surface area contributed by atoms with Crippen LogP contribution in [0.15, 0.2) is 47.2 Å². The molecule has 6 nitrogen and oxygen atoms in total. The lowest BCUT2D eigenvalue weighted by Crippen LogP contribution is -2.13. The minimum Gasteiger partial charge on any atom is -0.367 e. The molecule has 4 heterocycles. The van der Waals surface area contributed by atoms with E-state index in [-0.39, 0.29) is 24.8 Å². The van der Waals surface area contributed by atoms with Crippen LogP contribution in [0.3, 0.4) is 0 Å². The van der Waals surface area contributed by atoms with Crippen molar-refractivity contribution in [2.24, 2.45) is 0 Å². The van der Waals surface area contributed by atoms with Gasteiger partial charge in [-0.3, -0.25) is 10.2 Å². The Balaban J connectivity index is 0.00000121.